The first-order chi connectivity index (χ1) is 8.88. The van der Waals surface area contributed by atoms with Crippen molar-refractivity contribution < 1.29 is 18.3 Å². The molecule has 0 saturated heterocycles. The number of rotatable bonds is 6. The van der Waals surface area contributed by atoms with Gasteiger partial charge in [0, 0.05) is 6.54 Å². The predicted molar refractivity (Wildman–Crippen MR) is 69.8 cm³/mol. The molecule has 0 amide bonds. The Hall–Kier alpha value is -1.13. The Morgan fingerprint density at radius 3 is 2.42 bits per heavy atom. The zero-order valence-corrected chi connectivity index (χ0v) is 11.9. The first kappa shape index (κ1) is 15.9. The molecule has 0 spiro atoms. The fourth-order valence-electron chi connectivity index (χ4n) is 2.41. The van der Waals surface area contributed by atoms with Crippen LogP contribution in [-0.2, 0) is 14.8 Å². The van der Waals surface area contributed by atoms with Gasteiger partial charge in [-0.15, -0.1) is 0 Å². The molecule has 0 aliphatic heterocycles. The summed E-state index contributed by atoms with van der Waals surface area (Å²) in [4.78, 5) is 11.4. The van der Waals surface area contributed by atoms with E-state index in [1.165, 1.54) is 0 Å². The molecule has 1 saturated carbocycles. The lowest BCUT2D eigenvalue weighted by molar-refractivity contribution is -0.150. The van der Waals surface area contributed by atoms with Gasteiger partial charge in [0.15, 0.2) is 5.25 Å². The molecule has 7 heteroatoms. The molecule has 6 nitrogen and oxygen atoms in total. The fourth-order valence-corrected chi connectivity index (χ4v) is 3.67. The second kappa shape index (κ2) is 6.35. The molecule has 1 aliphatic rings. The van der Waals surface area contributed by atoms with Gasteiger partial charge in [-0.05, 0) is 19.3 Å². The van der Waals surface area contributed by atoms with Gasteiger partial charge in [0.1, 0.15) is 0 Å². The van der Waals surface area contributed by atoms with Crippen LogP contribution in [0.15, 0.2) is 0 Å². The highest BCUT2D eigenvalue weighted by Crippen LogP contribution is 2.36. The van der Waals surface area contributed by atoms with E-state index in [4.69, 9.17) is 5.26 Å². The predicted octanol–water partition coefficient (Wildman–Crippen LogP) is 1.24. The number of hydrogen-bond acceptors (Lipinski definition) is 4. The molecule has 19 heavy (non-hydrogen) atoms. The van der Waals surface area contributed by atoms with Crippen LogP contribution >= 0.6 is 0 Å². The lowest BCUT2D eigenvalue weighted by Crippen LogP contribution is -2.46. The number of carboxylic acids is 1. The van der Waals surface area contributed by atoms with Crippen LogP contribution in [0.4, 0.5) is 0 Å². The number of hydrogen-bond donors (Lipinski definition) is 2. The Morgan fingerprint density at radius 2 is 2.00 bits per heavy atom. The Morgan fingerprint density at radius 1 is 1.42 bits per heavy atom. The van der Waals surface area contributed by atoms with Crippen LogP contribution in [0.3, 0.4) is 0 Å². The van der Waals surface area contributed by atoms with Gasteiger partial charge in [-0.25, -0.2) is 13.1 Å². The maximum atomic E-state index is 11.9. The summed E-state index contributed by atoms with van der Waals surface area (Å²) >= 11 is 0. The summed E-state index contributed by atoms with van der Waals surface area (Å²) in [5.41, 5.74) is -1.01. The third kappa shape index (κ3) is 3.67. The van der Waals surface area contributed by atoms with Crippen LogP contribution in [0, 0.1) is 16.7 Å². The minimum Gasteiger partial charge on any atom is -0.481 e. The van der Waals surface area contributed by atoms with Gasteiger partial charge in [0.25, 0.3) is 0 Å². The largest absolute Gasteiger partial charge is 0.481 e. The Labute approximate surface area is 113 Å². The van der Waals surface area contributed by atoms with Gasteiger partial charge in [0.05, 0.1) is 11.5 Å². The van der Waals surface area contributed by atoms with Crippen molar-refractivity contribution in [2.24, 2.45) is 5.41 Å². The molecular weight excluding hydrogens is 268 g/mol. The molecule has 0 heterocycles. The molecule has 1 unspecified atom stereocenters. The van der Waals surface area contributed by atoms with E-state index in [1.54, 1.807) is 13.0 Å². The van der Waals surface area contributed by atoms with E-state index in [0.29, 0.717) is 12.8 Å². The summed E-state index contributed by atoms with van der Waals surface area (Å²) in [7, 11) is -3.77. The lowest BCUT2D eigenvalue weighted by Gasteiger charge is -2.33. The fraction of sp³-hybridized carbons (Fsp3) is 0.833. The van der Waals surface area contributed by atoms with Crippen molar-refractivity contribution in [2.45, 2.75) is 50.7 Å². The monoisotopic (exact) mass is 288 g/mol. The van der Waals surface area contributed by atoms with Crippen molar-refractivity contribution in [3.05, 3.63) is 0 Å². The van der Waals surface area contributed by atoms with Crippen LogP contribution in [0.2, 0.25) is 0 Å². The number of nitrogens with zero attached hydrogens (tertiary/aromatic N) is 1. The van der Waals surface area contributed by atoms with Gasteiger partial charge in [-0.1, -0.05) is 26.2 Å². The molecule has 108 valence electrons. The van der Waals surface area contributed by atoms with Gasteiger partial charge < -0.3 is 5.11 Å². The number of carboxylic acid groups (broad SMARTS) is 1. The maximum Gasteiger partial charge on any atom is 0.310 e. The topological polar surface area (TPSA) is 107 Å². The summed E-state index contributed by atoms with van der Waals surface area (Å²) in [5.74, 6) is -0.958. The van der Waals surface area contributed by atoms with E-state index in [9.17, 15) is 18.3 Å². The van der Waals surface area contributed by atoms with Crippen LogP contribution in [0.1, 0.15) is 45.4 Å². The van der Waals surface area contributed by atoms with Crippen LogP contribution < -0.4 is 4.72 Å². The Kier molecular flexibility index (Phi) is 5.32. The van der Waals surface area contributed by atoms with E-state index in [0.717, 1.165) is 19.3 Å². The second-order valence-corrected chi connectivity index (χ2v) is 6.99. The van der Waals surface area contributed by atoms with E-state index >= 15 is 0 Å². The highest BCUT2D eigenvalue weighted by Gasteiger charge is 2.41. The Balaban J connectivity index is 2.78. The van der Waals surface area contributed by atoms with Crippen molar-refractivity contribution in [1.82, 2.24) is 4.72 Å². The maximum absolute atomic E-state index is 11.9. The molecule has 0 aromatic rings. The summed E-state index contributed by atoms with van der Waals surface area (Å²) in [5, 5.41) is 17.0. The standard InChI is InChI=1S/C12H20N2O4S/c1-2-10(8-13)19(17,18)14-9-12(11(15)16)6-4-3-5-7-12/h10,14H,2-7,9H2,1H3,(H,15,16). The number of nitrogens with one attached hydrogen (secondary N) is 1. The van der Waals surface area contributed by atoms with Crippen molar-refractivity contribution in [2.75, 3.05) is 6.54 Å². The molecule has 0 aromatic heterocycles. The van der Waals surface area contributed by atoms with Crippen LogP contribution in [0.5, 0.6) is 0 Å². The third-order valence-corrected chi connectivity index (χ3v) is 5.50. The molecule has 1 atom stereocenters. The van der Waals surface area contributed by atoms with E-state index in [1.807, 2.05) is 0 Å². The van der Waals surface area contributed by atoms with Crippen molar-refractivity contribution in [1.29, 1.82) is 5.26 Å². The molecule has 1 aliphatic carbocycles. The minimum atomic E-state index is -3.77. The molecule has 0 radical (unpaired) electrons. The third-order valence-electron chi connectivity index (χ3n) is 3.77. The summed E-state index contributed by atoms with van der Waals surface area (Å²) in [6.07, 6.45) is 3.72. The zero-order chi connectivity index (χ0) is 14.5. The smallest absolute Gasteiger partial charge is 0.310 e. The highest BCUT2D eigenvalue weighted by molar-refractivity contribution is 7.90. The number of sulfonamides is 1. The Bertz CT molecular complexity index is 461. The van der Waals surface area contributed by atoms with E-state index < -0.39 is 26.7 Å². The number of nitriles is 1. The quantitative estimate of drug-likeness (QED) is 0.764. The van der Waals surface area contributed by atoms with Crippen molar-refractivity contribution >= 4 is 16.0 Å². The number of carbonyl (C=O) groups is 1. The average molecular weight is 288 g/mol. The number of aliphatic carboxylic acids is 1. The molecule has 0 bridgehead atoms. The molecular formula is C12H20N2O4S. The van der Waals surface area contributed by atoms with Gasteiger partial charge in [-0.2, -0.15) is 5.26 Å². The lowest BCUT2D eigenvalue weighted by atomic mass is 9.74. The van der Waals surface area contributed by atoms with Crippen LogP contribution in [-0.4, -0.2) is 31.3 Å². The zero-order valence-electron chi connectivity index (χ0n) is 11.1. The van der Waals surface area contributed by atoms with Crippen LogP contribution in [0.25, 0.3) is 0 Å². The molecule has 1 rings (SSSR count). The van der Waals surface area contributed by atoms with Gasteiger partial charge in [-0.3, -0.25) is 4.79 Å². The second-order valence-electron chi connectivity index (χ2n) is 5.04. The first-order valence-electron chi connectivity index (χ1n) is 6.49. The average Bonchev–Trinajstić information content (AvgIpc) is 2.38. The molecule has 2 N–H and O–H groups in total. The molecule has 1 fully saturated rings. The van der Waals surface area contributed by atoms with Gasteiger partial charge >= 0.3 is 5.97 Å². The summed E-state index contributed by atoms with van der Waals surface area (Å²) < 4.78 is 26.1. The molecule has 0 aromatic carbocycles. The normalized spacial score (nSPS) is 20.4. The van der Waals surface area contributed by atoms with Crippen molar-refractivity contribution in [3.8, 4) is 6.07 Å². The highest BCUT2D eigenvalue weighted by atomic mass is 32.2. The van der Waals surface area contributed by atoms with Gasteiger partial charge in [0.2, 0.25) is 10.0 Å². The van der Waals surface area contributed by atoms with E-state index in [2.05, 4.69) is 4.72 Å². The summed E-state index contributed by atoms with van der Waals surface area (Å²) in [6, 6.07) is 1.72. The summed E-state index contributed by atoms with van der Waals surface area (Å²) in [6.45, 7) is 1.49. The van der Waals surface area contributed by atoms with Crippen molar-refractivity contribution in [3.63, 3.8) is 0 Å². The minimum absolute atomic E-state index is 0.122. The SMILES string of the molecule is CCC(C#N)S(=O)(=O)NCC1(C(=O)O)CCCCC1. The first-order valence-corrected chi connectivity index (χ1v) is 8.04. The van der Waals surface area contributed by atoms with E-state index in [-0.39, 0.29) is 13.0 Å².